The standard InChI is InChI=1S/C17H18F2O6/c1-24-14(20)11-8-4-5-9-12(11)15(21)25-13(10-6-2-3-7-10)17(18,19)16(22)23/h4-5,8-10,13H,2-3,6-7H2,1H3,(H,22,23). The minimum absolute atomic E-state index is 0.140. The van der Waals surface area contributed by atoms with Crippen molar-refractivity contribution in [1.82, 2.24) is 0 Å². The van der Waals surface area contributed by atoms with Crippen LogP contribution in [-0.4, -0.2) is 42.2 Å². The predicted octanol–water partition coefficient (Wildman–Crippen LogP) is 2.91. The first kappa shape index (κ1) is 18.8. The Hall–Kier alpha value is -2.51. The number of ether oxygens (including phenoxy) is 2. The van der Waals surface area contributed by atoms with Crippen LogP contribution in [-0.2, 0) is 14.3 Å². The maximum Gasteiger partial charge on any atom is 0.378 e. The third-order valence-corrected chi connectivity index (χ3v) is 4.26. The number of rotatable bonds is 6. The third-order valence-electron chi connectivity index (χ3n) is 4.26. The van der Waals surface area contributed by atoms with Crippen LogP contribution < -0.4 is 0 Å². The molecule has 1 aliphatic carbocycles. The van der Waals surface area contributed by atoms with E-state index in [1.807, 2.05) is 0 Å². The second kappa shape index (κ2) is 7.58. The van der Waals surface area contributed by atoms with E-state index < -0.39 is 35.9 Å². The van der Waals surface area contributed by atoms with Gasteiger partial charge in [-0.05, 0) is 25.0 Å². The van der Waals surface area contributed by atoms with E-state index in [1.165, 1.54) is 24.3 Å². The van der Waals surface area contributed by atoms with E-state index in [0.29, 0.717) is 25.7 Å². The minimum Gasteiger partial charge on any atom is -0.477 e. The van der Waals surface area contributed by atoms with E-state index in [1.54, 1.807) is 0 Å². The monoisotopic (exact) mass is 356 g/mol. The van der Waals surface area contributed by atoms with Crippen LogP contribution in [0.2, 0.25) is 0 Å². The van der Waals surface area contributed by atoms with E-state index in [4.69, 9.17) is 9.84 Å². The Kier molecular flexibility index (Phi) is 5.71. The second-order valence-electron chi connectivity index (χ2n) is 5.84. The summed E-state index contributed by atoms with van der Waals surface area (Å²) < 4.78 is 37.6. The van der Waals surface area contributed by atoms with Gasteiger partial charge in [0.25, 0.3) is 0 Å². The lowest BCUT2D eigenvalue weighted by atomic mass is 9.95. The summed E-state index contributed by atoms with van der Waals surface area (Å²) in [6.07, 6.45) is -0.0788. The zero-order chi connectivity index (χ0) is 18.6. The molecule has 1 aromatic rings. The number of aliphatic carboxylic acids is 1. The van der Waals surface area contributed by atoms with Gasteiger partial charge in [-0.15, -0.1) is 0 Å². The average Bonchev–Trinajstić information content (AvgIpc) is 3.12. The fourth-order valence-corrected chi connectivity index (χ4v) is 2.98. The molecule has 1 unspecified atom stereocenters. The molecule has 6 nitrogen and oxygen atoms in total. The van der Waals surface area contributed by atoms with Crippen molar-refractivity contribution in [3.63, 3.8) is 0 Å². The number of halogens is 2. The lowest BCUT2D eigenvalue weighted by molar-refractivity contribution is -0.188. The summed E-state index contributed by atoms with van der Waals surface area (Å²) in [5.74, 6) is -9.32. The topological polar surface area (TPSA) is 89.9 Å². The van der Waals surface area contributed by atoms with Crippen molar-refractivity contribution in [2.24, 2.45) is 5.92 Å². The lowest BCUT2D eigenvalue weighted by Crippen LogP contribution is -2.48. The Morgan fingerprint density at radius 3 is 2.12 bits per heavy atom. The molecule has 0 amide bonds. The molecular formula is C17H18F2O6. The summed E-state index contributed by atoms with van der Waals surface area (Å²) in [7, 11) is 1.12. The molecule has 1 aliphatic rings. The molecule has 0 spiro atoms. The molecule has 1 fully saturated rings. The molecule has 1 saturated carbocycles. The zero-order valence-electron chi connectivity index (χ0n) is 13.5. The summed E-state index contributed by atoms with van der Waals surface area (Å²) in [5, 5.41) is 8.82. The Labute approximate surface area is 142 Å². The molecule has 2 rings (SSSR count). The highest BCUT2D eigenvalue weighted by Gasteiger charge is 2.54. The van der Waals surface area contributed by atoms with Crippen molar-refractivity contribution in [3.8, 4) is 0 Å². The van der Waals surface area contributed by atoms with Gasteiger partial charge in [-0.25, -0.2) is 14.4 Å². The van der Waals surface area contributed by atoms with Crippen molar-refractivity contribution in [2.45, 2.75) is 37.7 Å². The van der Waals surface area contributed by atoms with Crippen molar-refractivity contribution >= 4 is 17.9 Å². The molecule has 1 atom stereocenters. The Bertz CT molecular complexity index is 667. The first-order valence-corrected chi connectivity index (χ1v) is 7.78. The number of hydrogen-bond donors (Lipinski definition) is 1. The highest BCUT2D eigenvalue weighted by Crippen LogP contribution is 2.37. The van der Waals surface area contributed by atoms with Crippen LogP contribution in [0.25, 0.3) is 0 Å². The molecule has 0 aliphatic heterocycles. The van der Waals surface area contributed by atoms with Gasteiger partial charge in [0.05, 0.1) is 18.2 Å². The summed E-state index contributed by atoms with van der Waals surface area (Å²) in [4.78, 5) is 35.0. The van der Waals surface area contributed by atoms with Gasteiger partial charge in [0, 0.05) is 5.92 Å². The van der Waals surface area contributed by atoms with E-state index in [-0.39, 0.29) is 11.1 Å². The van der Waals surface area contributed by atoms with Gasteiger partial charge in [-0.1, -0.05) is 25.0 Å². The van der Waals surface area contributed by atoms with Crippen LogP contribution in [0.1, 0.15) is 46.4 Å². The van der Waals surface area contributed by atoms with E-state index in [0.717, 1.165) is 7.11 Å². The summed E-state index contributed by atoms with van der Waals surface area (Å²) in [6, 6.07) is 5.44. The quantitative estimate of drug-likeness (QED) is 0.788. The highest BCUT2D eigenvalue weighted by atomic mass is 19.3. The van der Waals surface area contributed by atoms with Gasteiger partial charge in [-0.3, -0.25) is 0 Å². The first-order valence-electron chi connectivity index (χ1n) is 7.78. The number of alkyl halides is 2. The normalized spacial score (nSPS) is 16.3. The van der Waals surface area contributed by atoms with Crippen LogP contribution >= 0.6 is 0 Å². The van der Waals surface area contributed by atoms with Crippen LogP contribution in [0, 0.1) is 5.92 Å². The highest BCUT2D eigenvalue weighted by molar-refractivity contribution is 6.03. The smallest absolute Gasteiger partial charge is 0.378 e. The first-order chi connectivity index (χ1) is 11.8. The van der Waals surface area contributed by atoms with Gasteiger partial charge in [0.1, 0.15) is 0 Å². The van der Waals surface area contributed by atoms with Crippen molar-refractivity contribution in [3.05, 3.63) is 35.4 Å². The number of carbonyl (C=O) groups is 3. The van der Waals surface area contributed by atoms with Crippen molar-refractivity contribution in [2.75, 3.05) is 7.11 Å². The minimum atomic E-state index is -4.22. The van der Waals surface area contributed by atoms with Crippen LogP contribution in [0.3, 0.4) is 0 Å². The molecule has 1 aromatic carbocycles. The maximum atomic E-state index is 14.1. The summed E-state index contributed by atoms with van der Waals surface area (Å²) in [5.41, 5.74) is -0.391. The van der Waals surface area contributed by atoms with Gasteiger partial charge in [0.15, 0.2) is 6.10 Å². The molecular weight excluding hydrogens is 338 g/mol. The molecule has 1 N–H and O–H groups in total. The number of carboxylic acid groups (broad SMARTS) is 1. The fourth-order valence-electron chi connectivity index (χ4n) is 2.98. The number of carbonyl (C=O) groups excluding carboxylic acids is 2. The van der Waals surface area contributed by atoms with Gasteiger partial charge < -0.3 is 14.6 Å². The third kappa shape index (κ3) is 3.94. The number of carboxylic acids is 1. The summed E-state index contributed by atoms with van der Waals surface area (Å²) in [6.45, 7) is 0. The van der Waals surface area contributed by atoms with Crippen LogP contribution in [0.15, 0.2) is 24.3 Å². The maximum absolute atomic E-state index is 14.1. The van der Waals surface area contributed by atoms with Gasteiger partial charge >= 0.3 is 23.8 Å². The van der Waals surface area contributed by atoms with Gasteiger partial charge in [-0.2, -0.15) is 8.78 Å². The number of hydrogen-bond acceptors (Lipinski definition) is 5. The molecule has 136 valence electrons. The predicted molar refractivity (Wildman–Crippen MR) is 81.5 cm³/mol. The van der Waals surface area contributed by atoms with Gasteiger partial charge in [0.2, 0.25) is 0 Å². The van der Waals surface area contributed by atoms with Crippen molar-refractivity contribution in [1.29, 1.82) is 0 Å². The number of esters is 2. The molecule has 0 bridgehead atoms. The van der Waals surface area contributed by atoms with E-state index in [9.17, 15) is 23.2 Å². The van der Waals surface area contributed by atoms with Crippen molar-refractivity contribution < 1.29 is 37.7 Å². The fraction of sp³-hybridized carbons (Fsp3) is 0.471. The number of benzene rings is 1. The number of methoxy groups -OCH3 is 1. The van der Waals surface area contributed by atoms with Crippen LogP contribution in [0.4, 0.5) is 8.78 Å². The summed E-state index contributed by atoms with van der Waals surface area (Å²) >= 11 is 0. The molecule has 0 saturated heterocycles. The molecule has 25 heavy (non-hydrogen) atoms. The van der Waals surface area contributed by atoms with Crippen LogP contribution in [0.5, 0.6) is 0 Å². The average molecular weight is 356 g/mol. The Morgan fingerprint density at radius 2 is 1.64 bits per heavy atom. The van der Waals surface area contributed by atoms with E-state index in [2.05, 4.69) is 4.74 Å². The largest absolute Gasteiger partial charge is 0.477 e. The molecule has 8 heteroatoms. The molecule has 0 heterocycles. The van der Waals surface area contributed by atoms with E-state index >= 15 is 0 Å². The second-order valence-corrected chi connectivity index (χ2v) is 5.84. The Morgan fingerprint density at radius 1 is 1.12 bits per heavy atom. The zero-order valence-corrected chi connectivity index (χ0v) is 13.5. The molecule has 0 aromatic heterocycles. The SMILES string of the molecule is COC(=O)c1ccccc1C(=O)OC(C1CCCC1)C(F)(F)C(=O)O. The Balaban J connectivity index is 2.32. The lowest BCUT2D eigenvalue weighted by Gasteiger charge is -2.28. The molecule has 0 radical (unpaired) electrons.